The number of hydrogen-bond donors (Lipinski definition) is 0. The van der Waals surface area contributed by atoms with Crippen LogP contribution in [0.15, 0.2) is 36.5 Å². The molecule has 0 radical (unpaired) electrons. The number of nitrogens with zero attached hydrogens (tertiary/aromatic N) is 5. The van der Waals surface area contributed by atoms with Crippen molar-refractivity contribution in [3.8, 4) is 0 Å². The lowest BCUT2D eigenvalue weighted by Gasteiger charge is -2.36. The van der Waals surface area contributed by atoms with Crippen LogP contribution in [0.1, 0.15) is 36.9 Å². The molecule has 1 aromatic heterocycles. The molecule has 2 saturated heterocycles. The number of aryl methyl sites for hydroxylation is 1. The van der Waals surface area contributed by atoms with Crippen molar-refractivity contribution in [3.63, 3.8) is 0 Å². The normalized spacial score (nSPS) is 18.7. The van der Waals surface area contributed by atoms with Gasteiger partial charge < -0.3 is 9.80 Å². The lowest BCUT2D eigenvalue weighted by atomic mass is 9.91. The first-order valence-electron chi connectivity index (χ1n) is 11.4. The summed E-state index contributed by atoms with van der Waals surface area (Å²) in [6.45, 7) is 8.94. The Morgan fingerprint density at radius 1 is 1.03 bits per heavy atom. The quantitative estimate of drug-likeness (QED) is 0.736. The van der Waals surface area contributed by atoms with Crippen molar-refractivity contribution in [1.82, 2.24) is 19.6 Å². The number of carbonyl (C=O) groups excluding carboxylic acids is 1. The number of benzene rings is 1. The number of para-hydroxylation sites is 1. The van der Waals surface area contributed by atoms with E-state index in [1.54, 1.807) is 0 Å². The van der Waals surface area contributed by atoms with Crippen LogP contribution < -0.4 is 4.90 Å². The zero-order valence-electron chi connectivity index (χ0n) is 18.5. The standard InChI is InChI=1S/C24H35N5O/c1-20-22(18-25-26(20)2)19-27-12-10-21(11-13-27)8-9-24(30)29-16-14-28(15-17-29)23-6-4-3-5-7-23/h3-7,18,21H,8-17,19H2,1-2H3. The van der Waals surface area contributed by atoms with E-state index >= 15 is 0 Å². The fourth-order valence-electron chi connectivity index (χ4n) is 4.71. The van der Waals surface area contributed by atoms with E-state index in [-0.39, 0.29) is 0 Å². The van der Waals surface area contributed by atoms with Gasteiger partial charge in [-0.05, 0) is 57.3 Å². The molecule has 3 heterocycles. The van der Waals surface area contributed by atoms with Crippen molar-refractivity contribution in [3.05, 3.63) is 47.8 Å². The van der Waals surface area contributed by atoms with Crippen LogP contribution in [0, 0.1) is 12.8 Å². The molecule has 162 valence electrons. The second kappa shape index (κ2) is 9.65. The molecule has 4 rings (SSSR count). The predicted octanol–water partition coefficient (Wildman–Crippen LogP) is 3.07. The zero-order valence-corrected chi connectivity index (χ0v) is 18.5. The van der Waals surface area contributed by atoms with E-state index in [1.807, 2.05) is 24.0 Å². The molecule has 2 aliphatic heterocycles. The number of piperazine rings is 1. The maximum absolute atomic E-state index is 12.7. The Kier molecular flexibility index (Phi) is 6.72. The highest BCUT2D eigenvalue weighted by atomic mass is 16.2. The van der Waals surface area contributed by atoms with Gasteiger partial charge in [-0.3, -0.25) is 14.4 Å². The van der Waals surface area contributed by atoms with Gasteiger partial charge in [0.05, 0.1) is 6.20 Å². The number of amides is 1. The highest BCUT2D eigenvalue weighted by molar-refractivity contribution is 5.76. The topological polar surface area (TPSA) is 44.6 Å². The average Bonchev–Trinajstić information content (AvgIpc) is 3.11. The minimum absolute atomic E-state index is 0.344. The number of anilines is 1. The second-order valence-electron chi connectivity index (χ2n) is 8.84. The molecule has 2 fully saturated rings. The van der Waals surface area contributed by atoms with E-state index in [9.17, 15) is 4.79 Å². The molecule has 1 amide bonds. The van der Waals surface area contributed by atoms with Crippen LogP contribution >= 0.6 is 0 Å². The van der Waals surface area contributed by atoms with Crippen LogP contribution in [-0.4, -0.2) is 64.8 Å². The van der Waals surface area contributed by atoms with Gasteiger partial charge in [-0.15, -0.1) is 0 Å². The van der Waals surface area contributed by atoms with Crippen molar-refractivity contribution < 1.29 is 4.79 Å². The van der Waals surface area contributed by atoms with Crippen LogP contribution in [-0.2, 0) is 18.4 Å². The number of aromatic nitrogens is 2. The van der Waals surface area contributed by atoms with Crippen LogP contribution in [0.3, 0.4) is 0 Å². The monoisotopic (exact) mass is 409 g/mol. The lowest BCUT2D eigenvalue weighted by molar-refractivity contribution is -0.131. The fourth-order valence-corrected chi connectivity index (χ4v) is 4.71. The largest absolute Gasteiger partial charge is 0.368 e. The third-order valence-corrected chi connectivity index (χ3v) is 6.96. The van der Waals surface area contributed by atoms with Crippen LogP contribution in [0.4, 0.5) is 5.69 Å². The summed E-state index contributed by atoms with van der Waals surface area (Å²) in [6.07, 6.45) is 6.15. The molecule has 0 atom stereocenters. The number of hydrogen-bond acceptors (Lipinski definition) is 4. The Balaban J connectivity index is 1.15. The summed E-state index contributed by atoms with van der Waals surface area (Å²) < 4.78 is 1.95. The Labute approximate surface area is 180 Å². The predicted molar refractivity (Wildman–Crippen MR) is 120 cm³/mol. The van der Waals surface area contributed by atoms with Gasteiger partial charge in [0.25, 0.3) is 0 Å². The van der Waals surface area contributed by atoms with Crippen molar-refractivity contribution >= 4 is 11.6 Å². The van der Waals surface area contributed by atoms with Crippen molar-refractivity contribution in [2.75, 3.05) is 44.2 Å². The highest BCUT2D eigenvalue weighted by Gasteiger charge is 2.24. The van der Waals surface area contributed by atoms with Crippen LogP contribution in [0.2, 0.25) is 0 Å². The summed E-state index contributed by atoms with van der Waals surface area (Å²) >= 11 is 0. The molecule has 1 aromatic carbocycles. The Bertz CT molecular complexity index is 817. The van der Waals surface area contributed by atoms with E-state index in [4.69, 9.17) is 0 Å². The molecule has 30 heavy (non-hydrogen) atoms. The Morgan fingerprint density at radius 3 is 2.37 bits per heavy atom. The first-order chi connectivity index (χ1) is 14.6. The van der Waals surface area contributed by atoms with Gasteiger partial charge in [0, 0.05) is 63.1 Å². The number of rotatable bonds is 6. The smallest absolute Gasteiger partial charge is 0.222 e. The molecule has 0 saturated carbocycles. The third-order valence-electron chi connectivity index (χ3n) is 6.96. The van der Waals surface area contributed by atoms with Gasteiger partial charge in [0.1, 0.15) is 0 Å². The first kappa shape index (κ1) is 20.9. The van der Waals surface area contributed by atoms with Crippen molar-refractivity contribution in [2.45, 2.75) is 39.2 Å². The minimum atomic E-state index is 0.344. The molecule has 0 unspecified atom stereocenters. The number of piperidine rings is 1. The highest BCUT2D eigenvalue weighted by Crippen LogP contribution is 2.24. The summed E-state index contributed by atoms with van der Waals surface area (Å²) in [6, 6.07) is 10.5. The summed E-state index contributed by atoms with van der Waals surface area (Å²) in [5, 5.41) is 4.36. The summed E-state index contributed by atoms with van der Waals surface area (Å²) in [4.78, 5) is 19.7. The summed E-state index contributed by atoms with van der Waals surface area (Å²) in [5.74, 6) is 1.03. The van der Waals surface area contributed by atoms with E-state index in [0.29, 0.717) is 18.2 Å². The van der Waals surface area contributed by atoms with E-state index in [1.165, 1.54) is 29.8 Å². The summed E-state index contributed by atoms with van der Waals surface area (Å²) in [5.41, 5.74) is 3.86. The molecule has 2 aliphatic rings. The average molecular weight is 410 g/mol. The van der Waals surface area contributed by atoms with E-state index in [2.05, 4.69) is 51.0 Å². The number of likely N-dealkylation sites (tertiary alicyclic amines) is 1. The molecule has 0 bridgehead atoms. The Morgan fingerprint density at radius 2 is 1.73 bits per heavy atom. The molecule has 6 nitrogen and oxygen atoms in total. The van der Waals surface area contributed by atoms with Crippen molar-refractivity contribution in [2.24, 2.45) is 13.0 Å². The molecule has 0 N–H and O–H groups in total. The lowest BCUT2D eigenvalue weighted by Crippen LogP contribution is -2.48. The van der Waals surface area contributed by atoms with E-state index < -0.39 is 0 Å². The Hall–Kier alpha value is -2.34. The van der Waals surface area contributed by atoms with Gasteiger partial charge in [-0.25, -0.2) is 0 Å². The molecular weight excluding hydrogens is 374 g/mol. The summed E-state index contributed by atoms with van der Waals surface area (Å²) in [7, 11) is 2.00. The van der Waals surface area contributed by atoms with E-state index in [0.717, 1.165) is 52.2 Å². The zero-order chi connectivity index (χ0) is 20.9. The molecule has 6 heteroatoms. The second-order valence-corrected chi connectivity index (χ2v) is 8.84. The van der Waals surface area contributed by atoms with Gasteiger partial charge in [0.15, 0.2) is 0 Å². The molecule has 0 spiro atoms. The van der Waals surface area contributed by atoms with Gasteiger partial charge in [-0.1, -0.05) is 18.2 Å². The maximum atomic E-state index is 12.7. The fraction of sp³-hybridized carbons (Fsp3) is 0.583. The van der Waals surface area contributed by atoms with Gasteiger partial charge >= 0.3 is 0 Å². The van der Waals surface area contributed by atoms with Crippen LogP contribution in [0.5, 0.6) is 0 Å². The van der Waals surface area contributed by atoms with Gasteiger partial charge in [0.2, 0.25) is 5.91 Å². The molecule has 0 aliphatic carbocycles. The number of carbonyl (C=O) groups is 1. The van der Waals surface area contributed by atoms with Crippen molar-refractivity contribution in [1.29, 1.82) is 0 Å². The molecular formula is C24H35N5O. The van der Waals surface area contributed by atoms with Crippen LogP contribution in [0.25, 0.3) is 0 Å². The minimum Gasteiger partial charge on any atom is -0.368 e. The maximum Gasteiger partial charge on any atom is 0.222 e. The van der Waals surface area contributed by atoms with Gasteiger partial charge in [-0.2, -0.15) is 5.10 Å². The molecule has 2 aromatic rings. The SMILES string of the molecule is Cc1c(CN2CCC(CCC(=O)N3CCN(c4ccccc4)CC3)CC2)cnn1C. The first-order valence-corrected chi connectivity index (χ1v) is 11.4. The third kappa shape index (κ3) is 5.04.